The maximum absolute atomic E-state index is 12.3. The number of halogens is 2. The Morgan fingerprint density at radius 2 is 2.28 bits per heavy atom. The SMILES string of the molecule is Cc1ccc(C(=O)N2CCCC2CN)cc1I.Cl. The molecule has 5 heteroatoms. The fourth-order valence-electron chi connectivity index (χ4n) is 2.24. The molecular weight excluding hydrogens is 363 g/mol. The van der Waals surface area contributed by atoms with Crippen LogP contribution in [0.3, 0.4) is 0 Å². The highest BCUT2D eigenvalue weighted by molar-refractivity contribution is 14.1. The molecule has 1 unspecified atom stereocenters. The lowest BCUT2D eigenvalue weighted by atomic mass is 10.1. The number of rotatable bonds is 2. The van der Waals surface area contributed by atoms with Gasteiger partial charge in [0.1, 0.15) is 0 Å². The van der Waals surface area contributed by atoms with Gasteiger partial charge in [-0.25, -0.2) is 0 Å². The zero-order chi connectivity index (χ0) is 12.4. The van der Waals surface area contributed by atoms with Crippen molar-refractivity contribution in [2.24, 2.45) is 5.73 Å². The van der Waals surface area contributed by atoms with Gasteiger partial charge in [-0.1, -0.05) is 6.07 Å². The topological polar surface area (TPSA) is 46.3 Å². The van der Waals surface area contributed by atoms with Gasteiger partial charge in [0.05, 0.1) is 0 Å². The molecule has 100 valence electrons. The van der Waals surface area contributed by atoms with Gasteiger partial charge < -0.3 is 10.6 Å². The van der Waals surface area contributed by atoms with Gasteiger partial charge in [0.2, 0.25) is 0 Å². The van der Waals surface area contributed by atoms with Crippen molar-refractivity contribution in [1.82, 2.24) is 4.90 Å². The van der Waals surface area contributed by atoms with Crippen molar-refractivity contribution in [2.45, 2.75) is 25.8 Å². The van der Waals surface area contributed by atoms with Crippen LogP contribution >= 0.6 is 35.0 Å². The fraction of sp³-hybridized carbons (Fsp3) is 0.462. The number of benzene rings is 1. The number of carbonyl (C=O) groups is 1. The number of aryl methyl sites for hydroxylation is 1. The minimum atomic E-state index is 0. The van der Waals surface area contributed by atoms with E-state index in [1.807, 2.05) is 23.1 Å². The molecule has 2 rings (SSSR count). The molecule has 0 aromatic heterocycles. The van der Waals surface area contributed by atoms with Crippen molar-refractivity contribution in [3.05, 3.63) is 32.9 Å². The van der Waals surface area contributed by atoms with Crippen molar-refractivity contribution in [2.75, 3.05) is 13.1 Å². The molecule has 18 heavy (non-hydrogen) atoms. The van der Waals surface area contributed by atoms with Crippen molar-refractivity contribution in [1.29, 1.82) is 0 Å². The monoisotopic (exact) mass is 380 g/mol. The number of likely N-dealkylation sites (tertiary alicyclic amines) is 1. The molecule has 1 aliphatic rings. The first-order chi connectivity index (χ1) is 8.13. The van der Waals surface area contributed by atoms with Crippen LogP contribution in [0.2, 0.25) is 0 Å². The van der Waals surface area contributed by atoms with Crippen LogP contribution in [0, 0.1) is 10.5 Å². The van der Waals surface area contributed by atoms with Gasteiger partial charge in [0.25, 0.3) is 5.91 Å². The highest BCUT2D eigenvalue weighted by Gasteiger charge is 2.28. The molecule has 1 aromatic rings. The van der Waals surface area contributed by atoms with Gasteiger partial charge in [-0.2, -0.15) is 0 Å². The van der Waals surface area contributed by atoms with Crippen LogP contribution in [-0.4, -0.2) is 29.9 Å². The Morgan fingerprint density at radius 3 is 2.89 bits per heavy atom. The van der Waals surface area contributed by atoms with Gasteiger partial charge >= 0.3 is 0 Å². The predicted molar refractivity (Wildman–Crippen MR) is 84.3 cm³/mol. The first kappa shape index (κ1) is 15.7. The Bertz CT molecular complexity index is 439. The molecule has 1 amide bonds. The molecule has 0 spiro atoms. The first-order valence-corrected chi connectivity index (χ1v) is 6.98. The summed E-state index contributed by atoms with van der Waals surface area (Å²) in [5.74, 6) is 0.121. The quantitative estimate of drug-likeness (QED) is 0.802. The molecule has 2 N–H and O–H groups in total. The Hall–Kier alpha value is -0.330. The van der Waals surface area contributed by atoms with Crippen LogP contribution < -0.4 is 5.73 Å². The summed E-state index contributed by atoms with van der Waals surface area (Å²) in [6.45, 7) is 3.45. The second kappa shape index (κ2) is 6.73. The van der Waals surface area contributed by atoms with Crippen LogP contribution in [0.1, 0.15) is 28.8 Å². The molecule has 0 radical (unpaired) electrons. The number of amides is 1. The van der Waals surface area contributed by atoms with Crippen molar-refractivity contribution in [3.63, 3.8) is 0 Å². The third-order valence-corrected chi connectivity index (χ3v) is 4.49. The maximum atomic E-state index is 12.3. The average Bonchev–Trinajstić information content (AvgIpc) is 2.80. The molecule has 1 saturated heterocycles. The summed E-state index contributed by atoms with van der Waals surface area (Å²) in [5.41, 5.74) is 7.68. The summed E-state index contributed by atoms with van der Waals surface area (Å²) in [5, 5.41) is 0. The van der Waals surface area contributed by atoms with Crippen LogP contribution in [-0.2, 0) is 0 Å². The molecule has 1 heterocycles. The fourth-order valence-corrected chi connectivity index (χ4v) is 2.76. The van der Waals surface area contributed by atoms with Crippen molar-refractivity contribution in [3.8, 4) is 0 Å². The highest BCUT2D eigenvalue weighted by Crippen LogP contribution is 2.21. The molecule has 1 fully saturated rings. The van der Waals surface area contributed by atoms with Gasteiger partial charge in [0.15, 0.2) is 0 Å². The molecule has 3 nitrogen and oxygen atoms in total. The summed E-state index contributed by atoms with van der Waals surface area (Å²) in [7, 11) is 0. The number of hydrogen-bond donors (Lipinski definition) is 1. The van der Waals surface area contributed by atoms with Crippen LogP contribution in [0.4, 0.5) is 0 Å². The molecule has 0 saturated carbocycles. The highest BCUT2D eigenvalue weighted by atomic mass is 127. The predicted octanol–water partition coefficient (Wildman–Crippen LogP) is 2.58. The minimum absolute atomic E-state index is 0. The van der Waals surface area contributed by atoms with E-state index in [1.54, 1.807) is 0 Å². The standard InChI is InChI=1S/C13H17IN2O.ClH/c1-9-4-5-10(7-12(9)14)13(17)16-6-2-3-11(16)8-15;/h4-5,7,11H,2-3,6,8,15H2,1H3;1H. The van der Waals surface area contributed by atoms with Crippen molar-refractivity contribution >= 4 is 40.9 Å². The molecule has 0 aliphatic carbocycles. The van der Waals surface area contributed by atoms with Crippen LogP contribution in [0.25, 0.3) is 0 Å². The molecule has 1 atom stereocenters. The van der Waals surface area contributed by atoms with E-state index in [9.17, 15) is 4.79 Å². The van der Waals surface area contributed by atoms with Gasteiger partial charge in [-0.05, 0) is 60.1 Å². The van der Waals surface area contributed by atoms with Crippen LogP contribution in [0.15, 0.2) is 18.2 Å². The molecular formula is C13H18ClIN2O. The van der Waals surface area contributed by atoms with E-state index in [0.717, 1.165) is 28.5 Å². The molecule has 1 aromatic carbocycles. The normalized spacial score (nSPS) is 18.6. The van der Waals surface area contributed by atoms with E-state index in [2.05, 4.69) is 29.5 Å². The number of nitrogens with zero attached hydrogens (tertiary/aromatic N) is 1. The van der Waals surface area contributed by atoms with Crippen LogP contribution in [0.5, 0.6) is 0 Å². The van der Waals surface area contributed by atoms with Gasteiger partial charge in [-0.15, -0.1) is 12.4 Å². The zero-order valence-electron chi connectivity index (χ0n) is 10.4. The Balaban J connectivity index is 0.00000162. The van der Waals surface area contributed by atoms with E-state index < -0.39 is 0 Å². The Morgan fingerprint density at radius 1 is 1.56 bits per heavy atom. The smallest absolute Gasteiger partial charge is 0.254 e. The summed E-state index contributed by atoms with van der Waals surface area (Å²) in [6, 6.07) is 6.10. The minimum Gasteiger partial charge on any atom is -0.334 e. The lowest BCUT2D eigenvalue weighted by molar-refractivity contribution is 0.0741. The lowest BCUT2D eigenvalue weighted by Gasteiger charge is -2.23. The molecule has 0 bridgehead atoms. The summed E-state index contributed by atoms with van der Waals surface area (Å²) < 4.78 is 1.14. The Kier molecular flexibility index (Phi) is 5.88. The van der Waals surface area contributed by atoms with Crippen molar-refractivity contribution < 1.29 is 4.79 Å². The van der Waals surface area contributed by atoms with E-state index in [1.165, 1.54) is 5.56 Å². The largest absolute Gasteiger partial charge is 0.334 e. The van der Waals surface area contributed by atoms with E-state index in [0.29, 0.717) is 6.54 Å². The van der Waals surface area contributed by atoms with Gasteiger partial charge in [0, 0.05) is 28.3 Å². The number of hydrogen-bond acceptors (Lipinski definition) is 2. The van der Waals surface area contributed by atoms with E-state index in [-0.39, 0.29) is 24.4 Å². The zero-order valence-corrected chi connectivity index (χ0v) is 13.3. The summed E-state index contributed by atoms with van der Waals surface area (Å²) >= 11 is 2.27. The lowest BCUT2D eigenvalue weighted by Crippen LogP contribution is -2.39. The summed E-state index contributed by atoms with van der Waals surface area (Å²) in [6.07, 6.45) is 2.10. The third-order valence-electron chi connectivity index (χ3n) is 3.33. The summed E-state index contributed by atoms with van der Waals surface area (Å²) in [4.78, 5) is 14.3. The number of nitrogens with two attached hydrogens (primary N) is 1. The van der Waals surface area contributed by atoms with E-state index >= 15 is 0 Å². The third kappa shape index (κ3) is 3.16. The number of carbonyl (C=O) groups excluding carboxylic acids is 1. The van der Waals surface area contributed by atoms with Gasteiger partial charge in [-0.3, -0.25) is 4.79 Å². The Labute approximate surface area is 128 Å². The second-order valence-corrected chi connectivity index (χ2v) is 5.66. The molecule has 1 aliphatic heterocycles. The second-order valence-electron chi connectivity index (χ2n) is 4.49. The van der Waals surface area contributed by atoms with E-state index in [4.69, 9.17) is 5.73 Å². The average molecular weight is 381 g/mol. The first-order valence-electron chi connectivity index (χ1n) is 5.90. The maximum Gasteiger partial charge on any atom is 0.254 e.